The summed E-state index contributed by atoms with van der Waals surface area (Å²) in [6.07, 6.45) is 3.25. The van der Waals surface area contributed by atoms with Gasteiger partial charge in [-0.1, -0.05) is 30.3 Å². The van der Waals surface area contributed by atoms with Crippen molar-refractivity contribution in [3.05, 3.63) is 48.9 Å². The normalized spacial score (nSPS) is 22.4. The zero-order chi connectivity index (χ0) is 25.2. The number of aryl methyl sites for hydroxylation is 1. The zero-order valence-electron chi connectivity index (χ0n) is 19.9. The highest BCUT2D eigenvalue weighted by atomic mass is 19.3. The van der Waals surface area contributed by atoms with E-state index in [-0.39, 0.29) is 24.7 Å². The summed E-state index contributed by atoms with van der Waals surface area (Å²) in [5, 5.41) is 7.23. The Morgan fingerprint density at radius 1 is 1.17 bits per heavy atom. The van der Waals surface area contributed by atoms with Crippen LogP contribution in [0.4, 0.5) is 14.6 Å². The molecule has 0 radical (unpaired) electrons. The van der Waals surface area contributed by atoms with Crippen LogP contribution in [0.3, 0.4) is 0 Å². The molecule has 11 heteroatoms. The van der Waals surface area contributed by atoms with E-state index in [1.54, 1.807) is 22.7 Å². The van der Waals surface area contributed by atoms with E-state index in [1.165, 1.54) is 13.4 Å². The standard InChI is InChI=1S/C25H23F2N7O2/c1-33-11-18-24(12-33,25(18,26)27)23(35)31-22-17(36-3)9-16-21(30-22)20(29-13-28-16)15-10-34(2)32-19(15)14-7-5-4-6-8-14/h4-10,13,18H,11-12H2,1-3H3,(H,30,31,35). The third-order valence-corrected chi connectivity index (χ3v) is 7.12. The average molecular weight is 492 g/mol. The average Bonchev–Trinajstić information content (AvgIpc) is 3.22. The Bertz CT molecular complexity index is 1510. The van der Waals surface area contributed by atoms with Crippen LogP contribution in [0.5, 0.6) is 5.75 Å². The molecule has 9 nitrogen and oxygen atoms in total. The third kappa shape index (κ3) is 3.12. The van der Waals surface area contributed by atoms with E-state index in [9.17, 15) is 13.6 Å². The van der Waals surface area contributed by atoms with Gasteiger partial charge in [-0.2, -0.15) is 5.10 Å². The molecule has 4 aromatic rings. The number of anilines is 1. The highest BCUT2D eigenvalue weighted by Crippen LogP contribution is 2.69. The summed E-state index contributed by atoms with van der Waals surface area (Å²) < 4.78 is 36.3. The Hall–Kier alpha value is -3.99. The number of alkyl halides is 2. The first-order chi connectivity index (χ1) is 17.3. The first-order valence-corrected chi connectivity index (χ1v) is 11.4. The molecule has 1 aromatic carbocycles. The highest BCUT2D eigenvalue weighted by molar-refractivity contribution is 6.02. The van der Waals surface area contributed by atoms with Gasteiger partial charge in [0.25, 0.3) is 5.92 Å². The molecule has 184 valence electrons. The maximum atomic E-state index is 14.6. The van der Waals surface area contributed by atoms with E-state index in [4.69, 9.17) is 4.74 Å². The molecule has 2 fully saturated rings. The van der Waals surface area contributed by atoms with Crippen LogP contribution in [0.25, 0.3) is 33.5 Å². The van der Waals surface area contributed by atoms with Crippen molar-refractivity contribution >= 4 is 22.8 Å². The van der Waals surface area contributed by atoms with E-state index in [0.29, 0.717) is 22.4 Å². The number of fused-ring (bicyclic) bond motifs is 2. The molecule has 6 rings (SSSR count). The summed E-state index contributed by atoms with van der Waals surface area (Å²) in [5.41, 5.74) is 1.92. The van der Waals surface area contributed by atoms with Crippen molar-refractivity contribution < 1.29 is 18.3 Å². The number of carbonyl (C=O) groups is 1. The monoisotopic (exact) mass is 491 g/mol. The molecule has 3 aromatic heterocycles. The van der Waals surface area contributed by atoms with E-state index in [0.717, 1.165) is 11.1 Å². The van der Waals surface area contributed by atoms with Crippen molar-refractivity contribution in [1.29, 1.82) is 0 Å². The molecule has 36 heavy (non-hydrogen) atoms. The number of nitrogens with one attached hydrogen (secondary N) is 1. The topological polar surface area (TPSA) is 98.1 Å². The number of ether oxygens (including phenoxy) is 1. The minimum atomic E-state index is -3.05. The first kappa shape index (κ1) is 22.5. The highest BCUT2D eigenvalue weighted by Gasteiger charge is 2.87. The van der Waals surface area contributed by atoms with Crippen LogP contribution in [0.2, 0.25) is 0 Å². The second kappa shape index (κ2) is 7.76. The van der Waals surface area contributed by atoms with Gasteiger partial charge in [0.15, 0.2) is 11.6 Å². The molecule has 1 saturated heterocycles. The fraction of sp³-hybridized carbons (Fsp3) is 0.320. The third-order valence-electron chi connectivity index (χ3n) is 7.12. The van der Waals surface area contributed by atoms with E-state index < -0.39 is 23.2 Å². The van der Waals surface area contributed by atoms with Crippen LogP contribution in [-0.2, 0) is 11.8 Å². The van der Waals surface area contributed by atoms with Gasteiger partial charge >= 0.3 is 0 Å². The number of aromatic nitrogens is 5. The number of halogens is 2. The lowest BCUT2D eigenvalue weighted by Gasteiger charge is -2.19. The summed E-state index contributed by atoms with van der Waals surface area (Å²) in [6.45, 7) is 0.154. The van der Waals surface area contributed by atoms with Gasteiger partial charge in [-0.05, 0) is 7.05 Å². The van der Waals surface area contributed by atoms with E-state index in [1.807, 2.05) is 43.6 Å². The minimum Gasteiger partial charge on any atom is -0.493 e. The summed E-state index contributed by atoms with van der Waals surface area (Å²) >= 11 is 0. The van der Waals surface area contributed by atoms with Gasteiger partial charge in [0, 0.05) is 43.5 Å². The largest absolute Gasteiger partial charge is 0.493 e. The van der Waals surface area contributed by atoms with Gasteiger partial charge in [0.2, 0.25) is 5.91 Å². The molecule has 1 aliphatic heterocycles. The Morgan fingerprint density at radius 3 is 2.67 bits per heavy atom. The number of carbonyl (C=O) groups excluding carboxylic acids is 1. The Morgan fingerprint density at radius 2 is 1.94 bits per heavy atom. The molecule has 0 bridgehead atoms. The maximum Gasteiger partial charge on any atom is 0.269 e. The van der Waals surface area contributed by atoms with E-state index in [2.05, 4.69) is 25.4 Å². The van der Waals surface area contributed by atoms with Crippen LogP contribution in [0.15, 0.2) is 48.9 Å². The number of nitrogens with zero attached hydrogens (tertiary/aromatic N) is 6. The molecule has 0 spiro atoms. The van der Waals surface area contributed by atoms with Gasteiger partial charge < -0.3 is 15.0 Å². The lowest BCUT2D eigenvalue weighted by atomic mass is 10.0. The molecule has 2 aliphatic rings. The number of hydrogen-bond donors (Lipinski definition) is 1. The molecule has 1 saturated carbocycles. The quantitative estimate of drug-likeness (QED) is 0.458. The number of hydrogen-bond acceptors (Lipinski definition) is 7. The van der Waals surface area contributed by atoms with Gasteiger partial charge in [-0.25, -0.2) is 23.7 Å². The predicted octanol–water partition coefficient (Wildman–Crippen LogP) is 3.24. The number of methoxy groups -OCH3 is 1. The number of rotatable bonds is 5. The SMILES string of the molecule is COc1cc2ncnc(-c3cn(C)nc3-c3ccccc3)c2nc1NC(=O)C12CN(C)CC1C2(F)F. The van der Waals surface area contributed by atoms with Crippen molar-refractivity contribution in [3.8, 4) is 28.3 Å². The van der Waals surface area contributed by atoms with Gasteiger partial charge in [0.1, 0.15) is 28.6 Å². The number of piperidine rings is 1. The van der Waals surface area contributed by atoms with Crippen molar-refractivity contribution in [2.75, 3.05) is 32.6 Å². The van der Waals surface area contributed by atoms with Crippen LogP contribution >= 0.6 is 0 Å². The number of pyridine rings is 1. The smallest absolute Gasteiger partial charge is 0.269 e. The van der Waals surface area contributed by atoms with E-state index >= 15 is 0 Å². The second-order valence-corrected chi connectivity index (χ2v) is 9.36. The summed E-state index contributed by atoms with van der Waals surface area (Å²) in [7, 11) is 4.96. The van der Waals surface area contributed by atoms with Gasteiger partial charge in [0.05, 0.1) is 18.5 Å². The molecular formula is C25H23F2N7O2. The fourth-order valence-electron chi connectivity index (χ4n) is 5.30. The second-order valence-electron chi connectivity index (χ2n) is 9.36. The fourth-order valence-corrected chi connectivity index (χ4v) is 5.30. The molecule has 1 amide bonds. The minimum absolute atomic E-state index is 0.0170. The predicted molar refractivity (Wildman–Crippen MR) is 129 cm³/mol. The molecule has 2 unspecified atom stereocenters. The van der Waals surface area contributed by atoms with Gasteiger partial charge in [-0.3, -0.25) is 9.48 Å². The Labute approximate surface area is 205 Å². The van der Waals surface area contributed by atoms with Crippen LogP contribution in [0.1, 0.15) is 0 Å². The molecular weight excluding hydrogens is 468 g/mol. The number of amides is 1. The van der Waals surface area contributed by atoms with Crippen molar-refractivity contribution in [2.45, 2.75) is 5.92 Å². The van der Waals surface area contributed by atoms with Crippen molar-refractivity contribution in [3.63, 3.8) is 0 Å². The summed E-state index contributed by atoms with van der Waals surface area (Å²) in [4.78, 5) is 28.3. The first-order valence-electron chi connectivity index (χ1n) is 11.4. The maximum absolute atomic E-state index is 14.6. The van der Waals surface area contributed by atoms with Crippen molar-refractivity contribution in [2.24, 2.45) is 18.4 Å². The van der Waals surface area contributed by atoms with Crippen LogP contribution in [-0.4, -0.2) is 68.7 Å². The lowest BCUT2D eigenvalue weighted by Crippen LogP contribution is -2.36. The molecule has 1 aliphatic carbocycles. The number of benzene rings is 1. The van der Waals surface area contributed by atoms with Crippen LogP contribution < -0.4 is 10.1 Å². The Kier molecular flexibility index (Phi) is 4.84. The number of likely N-dealkylation sites (tertiary alicyclic amines) is 1. The van der Waals surface area contributed by atoms with Crippen molar-refractivity contribution in [1.82, 2.24) is 29.6 Å². The lowest BCUT2D eigenvalue weighted by molar-refractivity contribution is -0.125. The zero-order valence-corrected chi connectivity index (χ0v) is 19.9. The molecule has 2 atom stereocenters. The summed E-state index contributed by atoms with van der Waals surface area (Å²) in [5.74, 6) is -4.57. The molecule has 4 heterocycles. The Balaban J connectivity index is 1.45. The van der Waals surface area contributed by atoms with Gasteiger partial charge in [-0.15, -0.1) is 0 Å². The van der Waals surface area contributed by atoms with Crippen LogP contribution in [0, 0.1) is 11.3 Å². The summed E-state index contributed by atoms with van der Waals surface area (Å²) in [6, 6.07) is 11.3. The molecule has 1 N–H and O–H groups in total.